The molecular weight excluding hydrogens is 489 g/mol. The van der Waals surface area contributed by atoms with Gasteiger partial charge in [0.1, 0.15) is 16.6 Å². The van der Waals surface area contributed by atoms with Gasteiger partial charge in [-0.15, -0.1) is 0 Å². The van der Waals surface area contributed by atoms with Crippen LogP contribution in [0.25, 0.3) is 6.08 Å². The third-order valence-corrected chi connectivity index (χ3v) is 6.72. The number of carbonyl (C=O) groups excluding carboxylic acids is 2. The molecule has 36 heavy (non-hydrogen) atoms. The van der Waals surface area contributed by atoms with Gasteiger partial charge in [0.2, 0.25) is 11.8 Å². The van der Waals surface area contributed by atoms with E-state index in [0.717, 1.165) is 5.56 Å². The summed E-state index contributed by atoms with van der Waals surface area (Å²) in [7, 11) is 2.92. The number of nitrogens with one attached hydrogen (secondary N) is 1. The Morgan fingerprint density at radius 3 is 2.42 bits per heavy atom. The Morgan fingerprint density at radius 1 is 1.17 bits per heavy atom. The number of amides is 2. The molecular formula is C26H29ClFN3O5. The van der Waals surface area contributed by atoms with Crippen LogP contribution in [-0.4, -0.2) is 74.2 Å². The van der Waals surface area contributed by atoms with Gasteiger partial charge in [0, 0.05) is 38.2 Å². The van der Waals surface area contributed by atoms with E-state index in [-0.39, 0.29) is 40.5 Å². The minimum absolute atomic E-state index is 0.0329. The van der Waals surface area contributed by atoms with E-state index in [0.29, 0.717) is 49.8 Å². The highest BCUT2D eigenvalue weighted by Gasteiger charge is 2.39. The Bertz CT molecular complexity index is 1140. The van der Waals surface area contributed by atoms with Crippen molar-refractivity contribution in [3.63, 3.8) is 0 Å². The quantitative estimate of drug-likeness (QED) is 0.566. The third-order valence-electron chi connectivity index (χ3n) is 6.36. The lowest BCUT2D eigenvalue weighted by Crippen LogP contribution is -2.64. The van der Waals surface area contributed by atoms with Crippen LogP contribution in [0.15, 0.2) is 36.4 Å². The van der Waals surface area contributed by atoms with Crippen LogP contribution in [0.4, 0.5) is 10.1 Å². The Morgan fingerprint density at radius 2 is 1.83 bits per heavy atom. The molecule has 4 rings (SSSR count). The summed E-state index contributed by atoms with van der Waals surface area (Å²) >= 11 is 6.35. The van der Waals surface area contributed by atoms with E-state index in [9.17, 15) is 14.0 Å². The van der Waals surface area contributed by atoms with Gasteiger partial charge in [-0.3, -0.25) is 14.5 Å². The van der Waals surface area contributed by atoms with Crippen LogP contribution in [0.2, 0.25) is 5.02 Å². The summed E-state index contributed by atoms with van der Waals surface area (Å²) < 4.78 is 29.8. The highest BCUT2D eigenvalue weighted by atomic mass is 35.5. The number of piperazine rings is 1. The fourth-order valence-electron chi connectivity index (χ4n) is 4.64. The molecule has 2 saturated heterocycles. The van der Waals surface area contributed by atoms with E-state index in [1.54, 1.807) is 29.2 Å². The minimum atomic E-state index is -0.305. The Balaban J connectivity index is 1.52. The summed E-state index contributed by atoms with van der Waals surface area (Å²) in [5.74, 6) is -0.118. The molecule has 2 aromatic rings. The summed E-state index contributed by atoms with van der Waals surface area (Å²) in [5, 5.41) is 2.95. The Kier molecular flexibility index (Phi) is 8.13. The van der Waals surface area contributed by atoms with Crippen molar-refractivity contribution in [1.82, 2.24) is 9.80 Å². The Labute approximate surface area is 214 Å². The average Bonchev–Trinajstić information content (AvgIpc) is 2.84. The van der Waals surface area contributed by atoms with Crippen molar-refractivity contribution in [2.45, 2.75) is 25.6 Å². The lowest BCUT2D eigenvalue weighted by molar-refractivity contribution is -0.141. The fraction of sp³-hybridized carbons (Fsp3) is 0.385. The molecule has 192 valence electrons. The summed E-state index contributed by atoms with van der Waals surface area (Å²) in [6, 6.07) is 8.20. The Hall–Kier alpha value is -3.14. The first-order valence-electron chi connectivity index (χ1n) is 11.6. The summed E-state index contributed by atoms with van der Waals surface area (Å²) in [6.45, 7) is 4.09. The molecule has 1 N–H and O–H groups in total. The lowest BCUT2D eigenvalue weighted by Gasteiger charge is -2.49. The number of anilines is 1. The van der Waals surface area contributed by atoms with Crippen molar-refractivity contribution in [2.24, 2.45) is 0 Å². The molecule has 0 aliphatic carbocycles. The zero-order valence-corrected chi connectivity index (χ0v) is 21.2. The molecule has 0 aromatic heterocycles. The first kappa shape index (κ1) is 25.9. The second kappa shape index (κ2) is 11.3. The number of morpholine rings is 1. The van der Waals surface area contributed by atoms with Crippen LogP contribution in [-0.2, 0) is 20.9 Å². The molecule has 2 aliphatic rings. The van der Waals surface area contributed by atoms with E-state index < -0.39 is 0 Å². The van der Waals surface area contributed by atoms with E-state index in [1.807, 2.05) is 0 Å². The zero-order chi connectivity index (χ0) is 25.8. The lowest BCUT2D eigenvalue weighted by atomic mass is 10.0. The van der Waals surface area contributed by atoms with Crippen LogP contribution in [0.3, 0.4) is 0 Å². The molecule has 0 radical (unpaired) electrons. The standard InChI is InChI=1S/C26H29ClFN3O5/c1-16(32)29-25-18(10-22(34-2)24(27)26(25)35-3)6-9-23(33)30-12-20-14-36-15-21(13-30)31(20)11-17-4-7-19(28)8-5-17/h4-10,20-21H,11-15H2,1-3H3,(H,29,32)/b9-6+. The van der Waals surface area contributed by atoms with Crippen LogP contribution in [0.1, 0.15) is 18.1 Å². The molecule has 2 fully saturated rings. The van der Waals surface area contributed by atoms with Crippen LogP contribution in [0, 0.1) is 5.82 Å². The highest BCUT2D eigenvalue weighted by Crippen LogP contribution is 2.43. The molecule has 2 unspecified atom stereocenters. The van der Waals surface area contributed by atoms with Gasteiger partial charge >= 0.3 is 0 Å². The number of hydrogen-bond donors (Lipinski definition) is 1. The van der Waals surface area contributed by atoms with Gasteiger partial charge in [0.05, 0.1) is 45.2 Å². The summed E-state index contributed by atoms with van der Waals surface area (Å²) in [5.41, 5.74) is 1.90. The van der Waals surface area contributed by atoms with E-state index in [1.165, 1.54) is 39.4 Å². The maximum absolute atomic E-state index is 13.3. The molecule has 2 aliphatic heterocycles. The fourth-order valence-corrected chi connectivity index (χ4v) is 4.94. The number of halogens is 2. The van der Waals surface area contributed by atoms with Gasteiger partial charge in [-0.25, -0.2) is 4.39 Å². The number of nitrogens with zero attached hydrogens (tertiary/aromatic N) is 2. The first-order chi connectivity index (χ1) is 17.3. The van der Waals surface area contributed by atoms with Crippen molar-refractivity contribution in [3.8, 4) is 11.5 Å². The summed E-state index contributed by atoms with van der Waals surface area (Å²) in [4.78, 5) is 29.1. The van der Waals surface area contributed by atoms with Crippen molar-refractivity contribution in [1.29, 1.82) is 0 Å². The maximum atomic E-state index is 13.3. The molecule has 0 saturated carbocycles. The number of ether oxygens (including phenoxy) is 3. The molecule has 10 heteroatoms. The molecule has 2 bridgehead atoms. The molecule has 2 amide bonds. The van der Waals surface area contributed by atoms with Crippen molar-refractivity contribution in [3.05, 3.63) is 58.4 Å². The first-order valence-corrected chi connectivity index (χ1v) is 12.0. The van der Waals surface area contributed by atoms with Gasteiger partial charge in [0.15, 0.2) is 5.75 Å². The monoisotopic (exact) mass is 517 g/mol. The molecule has 8 nitrogen and oxygen atoms in total. The zero-order valence-electron chi connectivity index (χ0n) is 20.4. The third kappa shape index (κ3) is 5.64. The normalized spacial score (nSPS) is 19.9. The minimum Gasteiger partial charge on any atom is -0.495 e. The number of hydrogen-bond acceptors (Lipinski definition) is 6. The second-order valence-corrected chi connectivity index (χ2v) is 9.17. The van der Waals surface area contributed by atoms with Crippen LogP contribution in [0.5, 0.6) is 11.5 Å². The van der Waals surface area contributed by atoms with Gasteiger partial charge < -0.3 is 24.4 Å². The number of methoxy groups -OCH3 is 2. The number of benzene rings is 2. The second-order valence-electron chi connectivity index (χ2n) is 8.79. The van der Waals surface area contributed by atoms with Crippen LogP contribution < -0.4 is 14.8 Å². The number of rotatable bonds is 7. The summed E-state index contributed by atoms with van der Waals surface area (Å²) in [6.07, 6.45) is 3.09. The van der Waals surface area contributed by atoms with Gasteiger partial charge in [-0.2, -0.15) is 0 Å². The van der Waals surface area contributed by atoms with E-state index in [2.05, 4.69) is 10.2 Å². The smallest absolute Gasteiger partial charge is 0.246 e. The van der Waals surface area contributed by atoms with Gasteiger partial charge in [0.25, 0.3) is 0 Å². The number of fused-ring (bicyclic) bond motifs is 2. The number of carbonyl (C=O) groups is 2. The van der Waals surface area contributed by atoms with E-state index in [4.69, 9.17) is 25.8 Å². The average molecular weight is 518 g/mol. The predicted molar refractivity (Wildman–Crippen MR) is 135 cm³/mol. The molecule has 2 aromatic carbocycles. The predicted octanol–water partition coefficient (Wildman–Crippen LogP) is 3.58. The highest BCUT2D eigenvalue weighted by molar-refractivity contribution is 6.34. The molecule has 2 atom stereocenters. The van der Waals surface area contributed by atoms with Crippen molar-refractivity contribution >= 4 is 35.2 Å². The SMILES string of the molecule is COc1cc(/C=C/C(=O)N2CC3COCC(C2)N3Cc2ccc(F)cc2)c(NC(C)=O)c(OC)c1Cl. The maximum Gasteiger partial charge on any atom is 0.246 e. The van der Waals surface area contributed by atoms with Crippen molar-refractivity contribution in [2.75, 3.05) is 45.8 Å². The van der Waals surface area contributed by atoms with Gasteiger partial charge in [-0.05, 0) is 29.8 Å². The topological polar surface area (TPSA) is 80.3 Å². The largest absolute Gasteiger partial charge is 0.495 e. The van der Waals surface area contributed by atoms with Crippen molar-refractivity contribution < 1.29 is 28.2 Å². The van der Waals surface area contributed by atoms with Gasteiger partial charge in [-0.1, -0.05) is 23.7 Å². The molecule has 0 spiro atoms. The van der Waals surface area contributed by atoms with E-state index >= 15 is 0 Å². The molecule has 2 heterocycles. The van der Waals surface area contributed by atoms with Crippen LogP contribution >= 0.6 is 11.6 Å².